The van der Waals surface area contributed by atoms with E-state index in [4.69, 9.17) is 14.2 Å². The lowest BCUT2D eigenvalue weighted by Crippen LogP contribution is -2.49. The molecule has 1 aromatic heterocycles. The van der Waals surface area contributed by atoms with E-state index in [1.165, 1.54) is 4.68 Å². The molecule has 0 aliphatic carbocycles. The van der Waals surface area contributed by atoms with Gasteiger partial charge < -0.3 is 29.5 Å². The highest BCUT2D eigenvalue weighted by atomic mass is 16.7. The van der Waals surface area contributed by atoms with Crippen LogP contribution in [-0.2, 0) is 13.6 Å². The zero-order valence-electron chi connectivity index (χ0n) is 24.1. The maximum absolute atomic E-state index is 13.7. The van der Waals surface area contributed by atoms with Crippen molar-refractivity contribution in [3.8, 4) is 17.2 Å². The van der Waals surface area contributed by atoms with E-state index in [9.17, 15) is 14.7 Å². The highest BCUT2D eigenvalue weighted by molar-refractivity contribution is 6.06. The monoisotopic (exact) mass is 563 g/mol. The molecule has 0 fully saturated rings. The Bertz CT molecular complexity index is 1440. The van der Waals surface area contributed by atoms with Crippen LogP contribution in [0.3, 0.4) is 0 Å². The van der Waals surface area contributed by atoms with Gasteiger partial charge in [-0.2, -0.15) is 5.10 Å². The summed E-state index contributed by atoms with van der Waals surface area (Å²) < 4.78 is 19.1. The normalized spacial score (nSPS) is 18.9. The SMILES string of the molecule is Cc1cc(C(=O)Nc2cccc3c2O[C@@H](CN(C)Cc2ccc4c(c2)OCO4)[C@@H](C)CN([C@@H](C)CO)C3=O)n(C)n1. The minimum Gasteiger partial charge on any atom is -0.486 e. The van der Waals surface area contributed by atoms with Gasteiger partial charge in [0, 0.05) is 32.6 Å². The van der Waals surface area contributed by atoms with Gasteiger partial charge >= 0.3 is 0 Å². The first-order chi connectivity index (χ1) is 19.6. The fourth-order valence-corrected chi connectivity index (χ4v) is 5.29. The number of carbonyl (C=O) groups excluding carboxylic acids is 2. The summed E-state index contributed by atoms with van der Waals surface area (Å²) >= 11 is 0. The van der Waals surface area contributed by atoms with Crippen LogP contribution in [0.25, 0.3) is 0 Å². The number of anilines is 1. The standard InChI is InChI=1S/C30H37N5O6/c1-18-13-35(20(3)16-36)30(38)22-7-6-8-23(31-29(37)24-11-19(2)32-34(24)5)28(22)41-27(18)15-33(4)14-21-9-10-25-26(12-21)40-17-39-25/h6-12,18,20,27,36H,13-17H2,1-5H3,(H,31,37)/t18-,20-,27-/m0/s1. The van der Waals surface area contributed by atoms with Crippen molar-refractivity contribution in [2.75, 3.05) is 38.9 Å². The molecule has 3 atom stereocenters. The van der Waals surface area contributed by atoms with Gasteiger partial charge in [0.2, 0.25) is 6.79 Å². The Morgan fingerprint density at radius 3 is 2.73 bits per heavy atom. The van der Waals surface area contributed by atoms with Gasteiger partial charge in [0.25, 0.3) is 11.8 Å². The maximum atomic E-state index is 13.7. The number of aromatic nitrogens is 2. The van der Waals surface area contributed by atoms with Crippen LogP contribution < -0.4 is 19.5 Å². The lowest BCUT2D eigenvalue weighted by atomic mass is 9.98. The van der Waals surface area contributed by atoms with Crippen LogP contribution in [-0.4, -0.2) is 82.2 Å². The molecule has 5 rings (SSSR count). The van der Waals surface area contributed by atoms with Crippen LogP contribution in [0, 0.1) is 12.8 Å². The lowest BCUT2D eigenvalue weighted by molar-refractivity contribution is 0.0343. The number of nitrogens with one attached hydrogen (secondary N) is 1. The summed E-state index contributed by atoms with van der Waals surface area (Å²) in [7, 11) is 3.72. The van der Waals surface area contributed by atoms with Crippen molar-refractivity contribution < 1.29 is 28.9 Å². The highest BCUT2D eigenvalue weighted by Crippen LogP contribution is 2.36. The van der Waals surface area contributed by atoms with E-state index in [0.29, 0.717) is 42.3 Å². The third-order valence-electron chi connectivity index (χ3n) is 7.56. The van der Waals surface area contributed by atoms with E-state index in [2.05, 4.69) is 15.3 Å². The predicted octanol–water partition coefficient (Wildman–Crippen LogP) is 3.06. The van der Waals surface area contributed by atoms with Gasteiger partial charge in [0.15, 0.2) is 17.2 Å². The molecule has 0 unspecified atom stereocenters. The number of carbonyl (C=O) groups is 2. The van der Waals surface area contributed by atoms with Crippen molar-refractivity contribution in [2.24, 2.45) is 13.0 Å². The van der Waals surface area contributed by atoms with E-state index >= 15 is 0 Å². The number of para-hydroxylation sites is 1. The van der Waals surface area contributed by atoms with Gasteiger partial charge in [0.05, 0.1) is 29.6 Å². The topological polar surface area (TPSA) is 118 Å². The van der Waals surface area contributed by atoms with Gasteiger partial charge in [-0.3, -0.25) is 19.2 Å². The fraction of sp³-hybridized carbons (Fsp3) is 0.433. The fourth-order valence-electron chi connectivity index (χ4n) is 5.29. The molecule has 41 heavy (non-hydrogen) atoms. The van der Waals surface area contributed by atoms with Crippen molar-refractivity contribution in [1.82, 2.24) is 19.6 Å². The number of nitrogens with zero attached hydrogens (tertiary/aromatic N) is 4. The molecular formula is C30H37N5O6. The van der Waals surface area contributed by atoms with Crippen LogP contribution in [0.1, 0.15) is 46.0 Å². The molecule has 0 bridgehead atoms. The summed E-state index contributed by atoms with van der Waals surface area (Å²) in [6.45, 7) is 7.34. The molecule has 11 heteroatoms. The Morgan fingerprint density at radius 1 is 1.22 bits per heavy atom. The minimum atomic E-state index is -0.390. The number of likely N-dealkylation sites (N-methyl/N-ethyl adjacent to an activating group) is 1. The summed E-state index contributed by atoms with van der Waals surface area (Å²) in [5.74, 6) is 1.09. The maximum Gasteiger partial charge on any atom is 0.274 e. The van der Waals surface area contributed by atoms with Crippen molar-refractivity contribution in [3.05, 3.63) is 65.0 Å². The predicted molar refractivity (Wildman–Crippen MR) is 152 cm³/mol. The summed E-state index contributed by atoms with van der Waals surface area (Å²) in [5.41, 5.74) is 2.91. The number of aliphatic hydroxyl groups is 1. The molecule has 2 aliphatic heterocycles. The van der Waals surface area contributed by atoms with Gasteiger partial charge in [0.1, 0.15) is 11.8 Å². The number of ether oxygens (including phenoxy) is 3. The van der Waals surface area contributed by atoms with Crippen molar-refractivity contribution in [3.63, 3.8) is 0 Å². The van der Waals surface area contributed by atoms with Crippen LogP contribution in [0.15, 0.2) is 42.5 Å². The molecule has 0 spiro atoms. The first-order valence-corrected chi connectivity index (χ1v) is 13.7. The van der Waals surface area contributed by atoms with Crippen LogP contribution >= 0.6 is 0 Å². The zero-order valence-corrected chi connectivity index (χ0v) is 24.1. The Morgan fingerprint density at radius 2 is 2.00 bits per heavy atom. The van der Waals surface area contributed by atoms with E-state index in [0.717, 1.165) is 22.8 Å². The molecule has 2 aromatic carbocycles. The number of aryl methyl sites for hydroxylation is 2. The van der Waals surface area contributed by atoms with Crippen molar-refractivity contribution in [2.45, 2.75) is 39.5 Å². The smallest absolute Gasteiger partial charge is 0.274 e. The second-order valence-electron chi connectivity index (χ2n) is 10.9. The molecule has 218 valence electrons. The quantitative estimate of drug-likeness (QED) is 0.430. The Labute approximate surface area is 239 Å². The molecule has 2 aliphatic rings. The molecule has 11 nitrogen and oxygen atoms in total. The first kappa shape index (κ1) is 28.4. The number of benzene rings is 2. The van der Waals surface area contributed by atoms with Gasteiger partial charge in [-0.15, -0.1) is 0 Å². The summed E-state index contributed by atoms with van der Waals surface area (Å²) in [4.78, 5) is 30.8. The average molecular weight is 564 g/mol. The lowest BCUT2D eigenvalue weighted by Gasteiger charge is -2.38. The molecule has 2 amide bonds. The Balaban J connectivity index is 1.44. The molecule has 0 saturated heterocycles. The third kappa shape index (κ3) is 6.01. The molecule has 0 saturated carbocycles. The molecular weight excluding hydrogens is 526 g/mol. The number of aliphatic hydroxyl groups excluding tert-OH is 1. The van der Waals surface area contributed by atoms with Crippen molar-refractivity contribution in [1.29, 1.82) is 0 Å². The summed E-state index contributed by atoms with van der Waals surface area (Å²) in [5, 5.41) is 17.2. The van der Waals surface area contributed by atoms with Crippen LogP contribution in [0.2, 0.25) is 0 Å². The number of fused-ring (bicyclic) bond motifs is 2. The highest BCUT2D eigenvalue weighted by Gasteiger charge is 2.35. The van der Waals surface area contributed by atoms with Gasteiger partial charge in [-0.05, 0) is 56.8 Å². The Kier molecular flexibility index (Phi) is 8.18. The molecule has 2 N–H and O–H groups in total. The number of hydrogen-bond donors (Lipinski definition) is 2. The van der Waals surface area contributed by atoms with E-state index in [1.807, 2.05) is 46.0 Å². The van der Waals surface area contributed by atoms with Gasteiger partial charge in [-0.25, -0.2) is 0 Å². The average Bonchev–Trinajstić information content (AvgIpc) is 3.55. The van der Waals surface area contributed by atoms with Crippen LogP contribution in [0.5, 0.6) is 17.2 Å². The third-order valence-corrected chi connectivity index (χ3v) is 7.56. The second-order valence-corrected chi connectivity index (χ2v) is 10.9. The number of hydrogen-bond acceptors (Lipinski definition) is 8. The summed E-state index contributed by atoms with van der Waals surface area (Å²) in [6.07, 6.45) is -0.328. The number of rotatable bonds is 8. The molecule has 3 heterocycles. The van der Waals surface area contributed by atoms with Crippen LogP contribution in [0.4, 0.5) is 5.69 Å². The molecule has 3 aromatic rings. The van der Waals surface area contributed by atoms with E-state index in [1.54, 1.807) is 36.2 Å². The summed E-state index contributed by atoms with van der Waals surface area (Å²) in [6, 6.07) is 12.4. The van der Waals surface area contributed by atoms with E-state index in [-0.39, 0.29) is 37.2 Å². The minimum absolute atomic E-state index is 0.0798. The zero-order chi connectivity index (χ0) is 29.3. The number of amides is 2. The first-order valence-electron chi connectivity index (χ1n) is 13.7. The van der Waals surface area contributed by atoms with Crippen molar-refractivity contribution >= 4 is 17.5 Å². The Hall–Kier alpha value is -4.09. The van der Waals surface area contributed by atoms with Gasteiger partial charge in [-0.1, -0.05) is 19.1 Å². The molecule has 0 radical (unpaired) electrons. The largest absolute Gasteiger partial charge is 0.486 e. The van der Waals surface area contributed by atoms with E-state index < -0.39 is 6.04 Å². The second kappa shape index (κ2) is 11.8.